The van der Waals surface area contributed by atoms with Crippen LogP contribution in [0.1, 0.15) is 13.3 Å². The molecule has 0 aliphatic heterocycles. The molecule has 0 saturated carbocycles. The predicted octanol–water partition coefficient (Wildman–Crippen LogP) is 0.0212. The summed E-state index contributed by atoms with van der Waals surface area (Å²) in [7, 11) is 1.76. The van der Waals surface area contributed by atoms with Gasteiger partial charge in [-0.1, -0.05) is 6.92 Å². The molecule has 0 fully saturated rings. The van der Waals surface area contributed by atoms with Crippen LogP contribution in [0, 0.1) is 0 Å². The SMILES string of the molecule is CCCNC(=O)CN(C)c1ncc(N)cn1. The van der Waals surface area contributed by atoms with Gasteiger partial charge in [-0.05, 0) is 6.42 Å². The number of likely N-dealkylation sites (N-methyl/N-ethyl adjacent to an activating group) is 1. The first-order chi connectivity index (χ1) is 7.63. The molecule has 6 nitrogen and oxygen atoms in total. The summed E-state index contributed by atoms with van der Waals surface area (Å²) in [6.45, 7) is 2.94. The van der Waals surface area contributed by atoms with Crippen LogP contribution in [0.3, 0.4) is 0 Å². The van der Waals surface area contributed by atoms with Gasteiger partial charge in [0.05, 0.1) is 24.6 Å². The zero-order valence-corrected chi connectivity index (χ0v) is 9.60. The van der Waals surface area contributed by atoms with Crippen molar-refractivity contribution in [3.63, 3.8) is 0 Å². The minimum atomic E-state index is -0.0372. The van der Waals surface area contributed by atoms with Crippen molar-refractivity contribution in [2.75, 3.05) is 30.8 Å². The van der Waals surface area contributed by atoms with Gasteiger partial charge in [0.1, 0.15) is 0 Å². The van der Waals surface area contributed by atoms with Crippen LogP contribution in [-0.2, 0) is 4.79 Å². The lowest BCUT2D eigenvalue weighted by Gasteiger charge is -2.16. The van der Waals surface area contributed by atoms with Gasteiger partial charge in [-0.2, -0.15) is 0 Å². The lowest BCUT2D eigenvalue weighted by atomic mass is 10.4. The molecule has 0 radical (unpaired) electrons. The van der Waals surface area contributed by atoms with Crippen LogP contribution >= 0.6 is 0 Å². The van der Waals surface area contributed by atoms with Crippen LogP contribution in [0.25, 0.3) is 0 Å². The number of anilines is 2. The maximum atomic E-state index is 11.4. The fraction of sp³-hybridized carbons (Fsp3) is 0.500. The summed E-state index contributed by atoms with van der Waals surface area (Å²) in [5.74, 6) is 0.450. The second-order valence-corrected chi connectivity index (χ2v) is 3.52. The minimum absolute atomic E-state index is 0.0372. The lowest BCUT2D eigenvalue weighted by molar-refractivity contribution is -0.119. The Labute approximate surface area is 94.9 Å². The van der Waals surface area contributed by atoms with Gasteiger partial charge in [0.15, 0.2) is 0 Å². The average Bonchev–Trinajstić information content (AvgIpc) is 2.27. The molecule has 88 valence electrons. The Morgan fingerprint density at radius 2 is 2.12 bits per heavy atom. The van der Waals surface area contributed by atoms with Crippen LogP contribution in [0.5, 0.6) is 0 Å². The maximum absolute atomic E-state index is 11.4. The van der Waals surface area contributed by atoms with E-state index in [9.17, 15) is 4.79 Å². The molecule has 0 aliphatic carbocycles. The Morgan fingerprint density at radius 3 is 2.69 bits per heavy atom. The van der Waals surface area contributed by atoms with Gasteiger partial charge in [0.25, 0.3) is 0 Å². The number of hydrogen-bond acceptors (Lipinski definition) is 5. The Hall–Kier alpha value is -1.85. The van der Waals surface area contributed by atoms with E-state index in [2.05, 4.69) is 15.3 Å². The van der Waals surface area contributed by atoms with E-state index < -0.39 is 0 Å². The quantitative estimate of drug-likeness (QED) is 0.735. The number of carbonyl (C=O) groups is 1. The van der Waals surface area contributed by atoms with E-state index >= 15 is 0 Å². The lowest BCUT2D eigenvalue weighted by Crippen LogP contribution is -2.36. The van der Waals surface area contributed by atoms with E-state index in [-0.39, 0.29) is 12.5 Å². The van der Waals surface area contributed by atoms with Crippen molar-refractivity contribution in [2.24, 2.45) is 0 Å². The molecule has 1 aromatic heterocycles. The van der Waals surface area contributed by atoms with Gasteiger partial charge in [-0.25, -0.2) is 9.97 Å². The summed E-state index contributed by atoms with van der Waals surface area (Å²) in [5, 5.41) is 2.78. The summed E-state index contributed by atoms with van der Waals surface area (Å²) < 4.78 is 0. The summed E-state index contributed by atoms with van der Waals surface area (Å²) in [5.41, 5.74) is 5.98. The van der Waals surface area contributed by atoms with Crippen LogP contribution < -0.4 is 16.0 Å². The Bertz CT molecular complexity index is 338. The monoisotopic (exact) mass is 223 g/mol. The smallest absolute Gasteiger partial charge is 0.239 e. The molecule has 0 bridgehead atoms. The molecule has 1 amide bonds. The van der Waals surface area contributed by atoms with Crippen molar-refractivity contribution >= 4 is 17.5 Å². The van der Waals surface area contributed by atoms with E-state index in [0.29, 0.717) is 18.2 Å². The summed E-state index contributed by atoms with van der Waals surface area (Å²) in [6, 6.07) is 0. The molecule has 1 aromatic rings. The molecular formula is C10H17N5O. The van der Waals surface area contributed by atoms with Crippen molar-refractivity contribution in [3.05, 3.63) is 12.4 Å². The van der Waals surface area contributed by atoms with Gasteiger partial charge >= 0.3 is 0 Å². The number of amides is 1. The number of rotatable bonds is 5. The highest BCUT2D eigenvalue weighted by molar-refractivity contribution is 5.80. The average molecular weight is 223 g/mol. The van der Waals surface area contributed by atoms with E-state index in [4.69, 9.17) is 5.73 Å². The highest BCUT2D eigenvalue weighted by Crippen LogP contribution is 2.04. The van der Waals surface area contributed by atoms with Gasteiger partial charge in [0, 0.05) is 13.6 Å². The number of nitrogen functional groups attached to an aromatic ring is 1. The normalized spacial score (nSPS) is 9.88. The fourth-order valence-electron chi connectivity index (χ4n) is 1.13. The molecule has 0 saturated heterocycles. The van der Waals surface area contributed by atoms with Crippen LogP contribution in [0.15, 0.2) is 12.4 Å². The standard InChI is InChI=1S/C10H17N5O/c1-3-4-12-9(16)7-15(2)10-13-5-8(11)6-14-10/h5-6H,3-4,7,11H2,1-2H3,(H,12,16). The summed E-state index contributed by atoms with van der Waals surface area (Å²) >= 11 is 0. The molecule has 1 heterocycles. The first-order valence-electron chi connectivity index (χ1n) is 5.19. The third-order valence-electron chi connectivity index (χ3n) is 1.95. The largest absolute Gasteiger partial charge is 0.396 e. The number of nitrogens with zero attached hydrogens (tertiary/aromatic N) is 3. The van der Waals surface area contributed by atoms with Crippen LogP contribution in [-0.4, -0.2) is 36.0 Å². The Morgan fingerprint density at radius 1 is 1.50 bits per heavy atom. The fourth-order valence-corrected chi connectivity index (χ4v) is 1.13. The molecule has 1 rings (SSSR count). The molecule has 0 aromatic carbocycles. The van der Waals surface area contributed by atoms with Gasteiger partial charge in [0.2, 0.25) is 11.9 Å². The zero-order chi connectivity index (χ0) is 12.0. The molecule has 0 unspecified atom stereocenters. The van der Waals surface area contributed by atoms with Gasteiger partial charge < -0.3 is 16.0 Å². The topological polar surface area (TPSA) is 84.1 Å². The van der Waals surface area contributed by atoms with Crippen LogP contribution in [0.4, 0.5) is 11.6 Å². The van der Waals surface area contributed by atoms with E-state index in [1.807, 2.05) is 6.92 Å². The predicted molar refractivity (Wildman–Crippen MR) is 63.0 cm³/mol. The number of nitrogens with one attached hydrogen (secondary N) is 1. The van der Waals surface area contributed by atoms with E-state index in [0.717, 1.165) is 6.42 Å². The van der Waals surface area contributed by atoms with Gasteiger partial charge in [-0.15, -0.1) is 0 Å². The van der Waals surface area contributed by atoms with Crippen molar-refractivity contribution in [1.29, 1.82) is 0 Å². The molecule has 3 N–H and O–H groups in total. The van der Waals surface area contributed by atoms with Crippen LogP contribution in [0.2, 0.25) is 0 Å². The summed E-state index contributed by atoms with van der Waals surface area (Å²) in [6.07, 6.45) is 3.96. The first-order valence-corrected chi connectivity index (χ1v) is 5.19. The maximum Gasteiger partial charge on any atom is 0.239 e. The third kappa shape index (κ3) is 3.72. The molecule has 0 spiro atoms. The minimum Gasteiger partial charge on any atom is -0.396 e. The second kappa shape index (κ2) is 5.89. The number of nitrogens with two attached hydrogens (primary N) is 1. The molecule has 0 aliphatic rings. The van der Waals surface area contributed by atoms with Crippen molar-refractivity contribution in [3.8, 4) is 0 Å². The highest BCUT2D eigenvalue weighted by Gasteiger charge is 2.08. The Kier molecular flexibility index (Phi) is 4.50. The zero-order valence-electron chi connectivity index (χ0n) is 9.60. The van der Waals surface area contributed by atoms with E-state index in [1.165, 1.54) is 12.4 Å². The van der Waals surface area contributed by atoms with Crippen molar-refractivity contribution in [2.45, 2.75) is 13.3 Å². The molecule has 6 heteroatoms. The van der Waals surface area contributed by atoms with E-state index in [1.54, 1.807) is 11.9 Å². The molecule has 0 atom stereocenters. The Balaban J connectivity index is 2.48. The third-order valence-corrected chi connectivity index (χ3v) is 1.95. The van der Waals surface area contributed by atoms with Crippen molar-refractivity contribution in [1.82, 2.24) is 15.3 Å². The first kappa shape index (κ1) is 12.2. The molecule has 16 heavy (non-hydrogen) atoms. The molecular weight excluding hydrogens is 206 g/mol. The van der Waals surface area contributed by atoms with Crippen molar-refractivity contribution < 1.29 is 4.79 Å². The van der Waals surface area contributed by atoms with Gasteiger partial charge in [-0.3, -0.25) is 4.79 Å². The highest BCUT2D eigenvalue weighted by atomic mass is 16.2. The number of aromatic nitrogens is 2. The second-order valence-electron chi connectivity index (χ2n) is 3.52. The number of carbonyl (C=O) groups excluding carboxylic acids is 1. The summed E-state index contributed by atoms with van der Waals surface area (Å²) in [4.78, 5) is 21.1. The number of hydrogen-bond donors (Lipinski definition) is 2.